The second-order valence-electron chi connectivity index (χ2n) is 8.39. The van der Waals surface area contributed by atoms with E-state index < -0.39 is 0 Å². The molecule has 158 valence electrons. The summed E-state index contributed by atoms with van der Waals surface area (Å²) in [5.41, 5.74) is 5.18. The van der Waals surface area contributed by atoms with Crippen LogP contribution in [0.4, 0.5) is 0 Å². The van der Waals surface area contributed by atoms with Crippen molar-refractivity contribution in [2.45, 2.75) is 20.8 Å². The molecule has 0 aliphatic rings. The standard InChI is InChI=1S/C27H23N3O2/c1-16-9-11-19(12-10-16)25-28-26-23(24(31)21-7-5-6-8-22(21)29(26)4)27(32)30(25)20-14-17(2)13-18(3)15-20/h5-15H,1-4H3. The lowest BCUT2D eigenvalue weighted by atomic mass is 10.1. The van der Waals surface area contributed by atoms with Gasteiger partial charge in [-0.3, -0.25) is 14.2 Å². The zero-order valence-corrected chi connectivity index (χ0v) is 18.5. The molecule has 0 bridgehead atoms. The molecule has 0 amide bonds. The Kier molecular flexibility index (Phi) is 4.55. The fraction of sp³-hybridized carbons (Fsp3) is 0.148. The Morgan fingerprint density at radius 2 is 1.44 bits per heavy atom. The minimum atomic E-state index is -0.359. The molecule has 0 aliphatic heterocycles. The number of rotatable bonds is 2. The van der Waals surface area contributed by atoms with Gasteiger partial charge in [0, 0.05) is 18.0 Å². The van der Waals surface area contributed by atoms with Crippen LogP contribution in [0.2, 0.25) is 0 Å². The summed E-state index contributed by atoms with van der Waals surface area (Å²) < 4.78 is 3.40. The maximum absolute atomic E-state index is 13.9. The van der Waals surface area contributed by atoms with Crippen LogP contribution < -0.4 is 11.0 Å². The Morgan fingerprint density at radius 1 is 0.781 bits per heavy atom. The number of pyridine rings is 1. The van der Waals surface area contributed by atoms with Gasteiger partial charge in [0.25, 0.3) is 5.56 Å². The lowest BCUT2D eigenvalue weighted by Crippen LogP contribution is -2.28. The number of aryl methyl sites for hydroxylation is 4. The molecule has 0 aliphatic carbocycles. The van der Waals surface area contributed by atoms with Crippen LogP contribution in [0.25, 0.3) is 39.0 Å². The maximum atomic E-state index is 13.9. The highest BCUT2D eigenvalue weighted by atomic mass is 16.1. The molecule has 0 saturated carbocycles. The quantitative estimate of drug-likeness (QED) is 0.384. The van der Waals surface area contributed by atoms with Gasteiger partial charge in [0.05, 0.1) is 11.2 Å². The van der Waals surface area contributed by atoms with Gasteiger partial charge in [0.15, 0.2) is 5.65 Å². The topological polar surface area (TPSA) is 56.9 Å². The first-order valence-corrected chi connectivity index (χ1v) is 10.6. The van der Waals surface area contributed by atoms with E-state index in [0.29, 0.717) is 22.5 Å². The molecular weight excluding hydrogens is 398 g/mol. The summed E-state index contributed by atoms with van der Waals surface area (Å²) in [6.07, 6.45) is 0. The van der Waals surface area contributed by atoms with Crippen molar-refractivity contribution in [2.75, 3.05) is 0 Å². The fourth-order valence-corrected chi connectivity index (χ4v) is 4.37. The summed E-state index contributed by atoms with van der Waals surface area (Å²) in [7, 11) is 1.84. The molecule has 0 fully saturated rings. The summed E-state index contributed by atoms with van der Waals surface area (Å²) in [4.78, 5) is 32.3. The Morgan fingerprint density at radius 3 is 2.12 bits per heavy atom. The van der Waals surface area contributed by atoms with Gasteiger partial charge in [-0.2, -0.15) is 0 Å². The van der Waals surface area contributed by atoms with Gasteiger partial charge in [-0.1, -0.05) is 48.0 Å². The van der Waals surface area contributed by atoms with Crippen LogP contribution in [0.1, 0.15) is 16.7 Å². The number of benzene rings is 3. The van der Waals surface area contributed by atoms with E-state index >= 15 is 0 Å². The molecule has 2 aromatic heterocycles. The monoisotopic (exact) mass is 421 g/mol. The second-order valence-corrected chi connectivity index (χ2v) is 8.39. The van der Waals surface area contributed by atoms with Gasteiger partial charge >= 0.3 is 0 Å². The van der Waals surface area contributed by atoms with E-state index in [0.717, 1.165) is 27.8 Å². The molecule has 2 heterocycles. The largest absolute Gasteiger partial charge is 0.328 e. The maximum Gasteiger partial charge on any atom is 0.271 e. The van der Waals surface area contributed by atoms with E-state index in [9.17, 15) is 9.59 Å². The van der Waals surface area contributed by atoms with Crippen molar-refractivity contribution in [3.8, 4) is 17.1 Å². The third-order valence-electron chi connectivity index (χ3n) is 5.89. The summed E-state index contributed by atoms with van der Waals surface area (Å²) in [6.45, 7) is 6.01. The van der Waals surface area contributed by atoms with Crippen LogP contribution >= 0.6 is 0 Å². The first-order chi connectivity index (χ1) is 15.3. The van der Waals surface area contributed by atoms with Crippen molar-refractivity contribution in [2.24, 2.45) is 7.05 Å². The van der Waals surface area contributed by atoms with E-state index in [1.165, 1.54) is 0 Å². The zero-order valence-electron chi connectivity index (χ0n) is 18.5. The van der Waals surface area contributed by atoms with Crippen molar-refractivity contribution in [1.82, 2.24) is 14.1 Å². The van der Waals surface area contributed by atoms with Crippen LogP contribution in [0.3, 0.4) is 0 Å². The third kappa shape index (κ3) is 3.05. The second kappa shape index (κ2) is 7.31. The molecule has 5 nitrogen and oxygen atoms in total. The SMILES string of the molecule is Cc1ccc(-c2nc3c(c(=O)c4ccccc4n3C)c(=O)n2-c2cc(C)cc(C)c2)cc1. The Labute approximate surface area is 185 Å². The van der Waals surface area contributed by atoms with E-state index in [4.69, 9.17) is 4.98 Å². The lowest BCUT2D eigenvalue weighted by molar-refractivity contribution is 0.922. The van der Waals surface area contributed by atoms with Crippen molar-refractivity contribution < 1.29 is 0 Å². The van der Waals surface area contributed by atoms with Gasteiger partial charge in [0.2, 0.25) is 5.43 Å². The molecule has 32 heavy (non-hydrogen) atoms. The Hall–Kier alpha value is -3.99. The van der Waals surface area contributed by atoms with Crippen molar-refractivity contribution >= 4 is 21.9 Å². The average Bonchev–Trinajstić information content (AvgIpc) is 2.76. The minimum absolute atomic E-state index is 0.0984. The zero-order chi connectivity index (χ0) is 22.6. The van der Waals surface area contributed by atoms with Crippen LogP contribution in [-0.2, 0) is 7.05 Å². The van der Waals surface area contributed by atoms with Crippen molar-refractivity contribution in [3.05, 3.63) is 104 Å². The first kappa shape index (κ1) is 19.9. The van der Waals surface area contributed by atoms with E-state index in [2.05, 4.69) is 6.07 Å². The summed E-state index contributed by atoms with van der Waals surface area (Å²) in [6, 6.07) is 21.2. The molecule has 0 spiro atoms. The highest BCUT2D eigenvalue weighted by Gasteiger charge is 2.20. The molecule has 0 atom stereocenters. The molecule has 5 aromatic rings. The summed E-state index contributed by atoms with van der Waals surface area (Å²) in [5.74, 6) is 0.512. The van der Waals surface area contributed by atoms with Gasteiger partial charge in [-0.15, -0.1) is 0 Å². The van der Waals surface area contributed by atoms with Crippen LogP contribution in [-0.4, -0.2) is 14.1 Å². The average molecular weight is 422 g/mol. The molecule has 0 radical (unpaired) electrons. The van der Waals surface area contributed by atoms with Crippen molar-refractivity contribution in [1.29, 1.82) is 0 Å². The van der Waals surface area contributed by atoms with Crippen molar-refractivity contribution in [3.63, 3.8) is 0 Å². The van der Waals surface area contributed by atoms with Crippen LogP contribution in [0.5, 0.6) is 0 Å². The predicted molar refractivity (Wildman–Crippen MR) is 130 cm³/mol. The highest BCUT2D eigenvalue weighted by Crippen LogP contribution is 2.24. The summed E-state index contributed by atoms with van der Waals surface area (Å²) in [5, 5.41) is 0.609. The molecule has 5 heteroatoms. The number of nitrogens with zero attached hydrogens (tertiary/aromatic N) is 3. The van der Waals surface area contributed by atoms with Gasteiger partial charge in [-0.25, -0.2) is 4.98 Å². The first-order valence-electron chi connectivity index (χ1n) is 10.6. The number of fused-ring (bicyclic) bond motifs is 2. The number of aromatic nitrogens is 3. The van der Waals surface area contributed by atoms with Crippen LogP contribution in [0.15, 0.2) is 76.3 Å². The molecule has 5 rings (SSSR count). The highest BCUT2D eigenvalue weighted by molar-refractivity contribution is 5.92. The predicted octanol–water partition coefficient (Wildman–Crippen LogP) is 4.83. The van der Waals surface area contributed by atoms with E-state index in [1.54, 1.807) is 10.6 Å². The normalized spacial score (nSPS) is 11.4. The number of para-hydroxylation sites is 1. The van der Waals surface area contributed by atoms with Gasteiger partial charge < -0.3 is 4.57 Å². The van der Waals surface area contributed by atoms with Crippen LogP contribution in [0, 0.1) is 20.8 Å². The molecule has 0 unspecified atom stereocenters. The molecular formula is C27H23N3O2. The number of hydrogen-bond acceptors (Lipinski definition) is 3. The van der Waals surface area contributed by atoms with Gasteiger partial charge in [0.1, 0.15) is 11.2 Å². The Balaban J connectivity index is 2.01. The fourth-order valence-electron chi connectivity index (χ4n) is 4.37. The third-order valence-corrected chi connectivity index (χ3v) is 5.89. The minimum Gasteiger partial charge on any atom is -0.328 e. The van der Waals surface area contributed by atoms with E-state index in [1.807, 2.05) is 87.0 Å². The number of hydrogen-bond donors (Lipinski definition) is 0. The smallest absolute Gasteiger partial charge is 0.271 e. The summed E-state index contributed by atoms with van der Waals surface area (Å²) >= 11 is 0. The molecule has 0 N–H and O–H groups in total. The van der Waals surface area contributed by atoms with E-state index in [-0.39, 0.29) is 16.4 Å². The molecule has 3 aromatic carbocycles. The Bertz CT molecular complexity index is 1620. The van der Waals surface area contributed by atoms with Gasteiger partial charge in [-0.05, 0) is 56.2 Å². The molecule has 0 saturated heterocycles. The lowest BCUT2D eigenvalue weighted by Gasteiger charge is -2.17.